The Bertz CT molecular complexity index is 1370. The van der Waals surface area contributed by atoms with E-state index in [9.17, 15) is 31.9 Å². The molecule has 0 saturated carbocycles. The molecule has 1 saturated heterocycles. The maximum atomic E-state index is 14.1. The highest BCUT2D eigenvalue weighted by molar-refractivity contribution is 6.04. The number of carbonyl (C=O) groups is 1. The second-order valence-corrected chi connectivity index (χ2v) is 9.85. The van der Waals surface area contributed by atoms with E-state index in [4.69, 9.17) is 9.47 Å². The van der Waals surface area contributed by atoms with Crippen LogP contribution in [0.15, 0.2) is 61.2 Å². The zero-order chi connectivity index (χ0) is 29.8. The smallest absolute Gasteiger partial charge is 0.261 e. The predicted molar refractivity (Wildman–Crippen MR) is 141 cm³/mol. The quantitative estimate of drug-likeness (QED) is 0.141. The molecule has 1 amide bonds. The molecule has 4 atom stereocenters. The van der Waals surface area contributed by atoms with Crippen LogP contribution in [0, 0.1) is 35.0 Å². The number of rotatable bonds is 9. The Morgan fingerprint density at radius 1 is 0.927 bits per heavy atom. The minimum absolute atomic E-state index is 0.0466. The van der Waals surface area contributed by atoms with Gasteiger partial charge in [-0.05, 0) is 30.3 Å². The lowest BCUT2D eigenvalue weighted by Crippen LogP contribution is -2.43. The zero-order valence-corrected chi connectivity index (χ0v) is 22.3. The van der Waals surface area contributed by atoms with Gasteiger partial charge in [0.05, 0.1) is 18.8 Å². The van der Waals surface area contributed by atoms with E-state index in [1.807, 2.05) is 38.2 Å². The third-order valence-electron chi connectivity index (χ3n) is 6.93. The molecule has 41 heavy (non-hydrogen) atoms. The van der Waals surface area contributed by atoms with Crippen molar-refractivity contribution in [3.8, 4) is 0 Å². The first kappa shape index (κ1) is 30.3. The van der Waals surface area contributed by atoms with Gasteiger partial charge in [0, 0.05) is 30.3 Å². The second kappa shape index (κ2) is 12.9. The normalized spacial score (nSPS) is 20.7. The summed E-state index contributed by atoms with van der Waals surface area (Å²) in [7, 11) is 1.94. The highest BCUT2D eigenvalue weighted by Crippen LogP contribution is 2.42. The molecule has 0 aromatic heterocycles. The average Bonchev–Trinajstić information content (AvgIpc) is 2.97. The maximum absolute atomic E-state index is 14.1. The van der Waals surface area contributed by atoms with Gasteiger partial charge in [0.2, 0.25) is 5.82 Å². The summed E-state index contributed by atoms with van der Waals surface area (Å²) >= 11 is 0. The minimum atomic E-state index is -2.35. The maximum Gasteiger partial charge on any atom is 0.261 e. The molecule has 0 aliphatic carbocycles. The number of amides is 1. The Morgan fingerprint density at radius 3 is 2.05 bits per heavy atom. The van der Waals surface area contributed by atoms with Crippen molar-refractivity contribution in [2.75, 3.05) is 25.5 Å². The zero-order valence-electron chi connectivity index (χ0n) is 22.3. The van der Waals surface area contributed by atoms with Crippen LogP contribution in [0.1, 0.15) is 46.4 Å². The average molecular weight is 577 g/mol. The van der Waals surface area contributed by atoms with Crippen molar-refractivity contribution < 1.29 is 41.3 Å². The van der Waals surface area contributed by atoms with E-state index < -0.39 is 46.8 Å². The fourth-order valence-corrected chi connectivity index (χ4v) is 4.65. The van der Waals surface area contributed by atoms with Gasteiger partial charge in [0.25, 0.3) is 5.91 Å². The highest BCUT2D eigenvalue weighted by Gasteiger charge is 2.39. The van der Waals surface area contributed by atoms with Crippen LogP contribution in [0.4, 0.5) is 27.6 Å². The molecule has 4 unspecified atom stereocenters. The molecule has 1 aliphatic heterocycles. The Labute approximate surface area is 234 Å². The van der Waals surface area contributed by atoms with Crippen molar-refractivity contribution in [2.24, 2.45) is 5.92 Å². The molecule has 6 nitrogen and oxygen atoms in total. The third kappa shape index (κ3) is 6.48. The first-order chi connectivity index (χ1) is 19.5. The van der Waals surface area contributed by atoms with E-state index >= 15 is 0 Å². The molecule has 1 fully saturated rings. The summed E-state index contributed by atoms with van der Waals surface area (Å²) in [6.45, 7) is 6.92. The van der Waals surface area contributed by atoms with Crippen LogP contribution in [-0.4, -0.2) is 42.2 Å². The number of aliphatic hydroxyl groups excluding tert-OH is 1. The topological polar surface area (TPSA) is 71.0 Å². The molecule has 4 rings (SSSR count). The first-order valence-electron chi connectivity index (χ1n) is 12.8. The number of nitrogens with one attached hydrogen (secondary N) is 1. The first-order valence-corrected chi connectivity index (χ1v) is 12.8. The second-order valence-electron chi connectivity index (χ2n) is 9.85. The van der Waals surface area contributed by atoms with Crippen LogP contribution < -0.4 is 5.32 Å². The van der Waals surface area contributed by atoms with Crippen molar-refractivity contribution >= 4 is 11.6 Å². The Hall–Kier alpha value is -3.64. The Morgan fingerprint density at radius 2 is 1.49 bits per heavy atom. The van der Waals surface area contributed by atoms with Gasteiger partial charge < -0.3 is 24.8 Å². The third-order valence-corrected chi connectivity index (χ3v) is 6.93. The number of benzene rings is 3. The summed E-state index contributed by atoms with van der Waals surface area (Å²) in [6, 6.07) is 13.3. The van der Waals surface area contributed by atoms with E-state index in [0.717, 1.165) is 11.1 Å². The molecular formula is C30H29F5N2O4. The van der Waals surface area contributed by atoms with Crippen molar-refractivity contribution in [3.05, 3.63) is 113 Å². The van der Waals surface area contributed by atoms with Gasteiger partial charge in [-0.3, -0.25) is 4.79 Å². The Kier molecular flexibility index (Phi) is 9.54. The largest absolute Gasteiger partial charge is 0.392 e. The molecule has 218 valence electrons. The van der Waals surface area contributed by atoms with Crippen molar-refractivity contribution in [2.45, 2.75) is 32.0 Å². The lowest BCUT2D eigenvalue weighted by molar-refractivity contribution is -0.275. The van der Waals surface area contributed by atoms with Gasteiger partial charge in [-0.15, -0.1) is 6.58 Å². The summed E-state index contributed by atoms with van der Waals surface area (Å²) in [4.78, 5) is 14.5. The summed E-state index contributed by atoms with van der Waals surface area (Å²) < 4.78 is 81.2. The number of aliphatic hydroxyl groups is 1. The van der Waals surface area contributed by atoms with Crippen molar-refractivity contribution in [3.63, 3.8) is 0 Å². The fourth-order valence-electron chi connectivity index (χ4n) is 4.65. The Balaban J connectivity index is 1.56. The van der Waals surface area contributed by atoms with E-state index in [-0.39, 0.29) is 30.4 Å². The summed E-state index contributed by atoms with van der Waals surface area (Å²) in [5.41, 5.74) is 0.687. The molecule has 1 heterocycles. The number of nitrogens with zero attached hydrogens (tertiary/aromatic N) is 1. The van der Waals surface area contributed by atoms with Crippen molar-refractivity contribution in [1.29, 1.82) is 0 Å². The predicted octanol–water partition coefficient (Wildman–Crippen LogP) is 6.04. The minimum Gasteiger partial charge on any atom is -0.392 e. The number of anilines is 1. The number of carbonyl (C=O) groups excluding carboxylic acids is 1. The van der Waals surface area contributed by atoms with E-state index in [0.29, 0.717) is 18.7 Å². The van der Waals surface area contributed by atoms with Crippen LogP contribution in [0.5, 0.6) is 0 Å². The molecule has 3 aromatic carbocycles. The van der Waals surface area contributed by atoms with Gasteiger partial charge >= 0.3 is 0 Å². The molecule has 2 N–H and O–H groups in total. The van der Waals surface area contributed by atoms with Crippen LogP contribution >= 0.6 is 0 Å². The number of hydrogen-bond acceptors (Lipinski definition) is 5. The molecular weight excluding hydrogens is 547 g/mol. The molecule has 0 bridgehead atoms. The molecule has 0 radical (unpaired) electrons. The van der Waals surface area contributed by atoms with Crippen LogP contribution in [0.2, 0.25) is 0 Å². The number of halogens is 5. The van der Waals surface area contributed by atoms with Crippen LogP contribution in [-0.2, 0) is 16.1 Å². The van der Waals surface area contributed by atoms with E-state index in [2.05, 4.69) is 16.8 Å². The fraction of sp³-hybridized carbons (Fsp3) is 0.300. The van der Waals surface area contributed by atoms with E-state index in [1.165, 1.54) is 12.1 Å². The molecule has 1 aliphatic rings. The van der Waals surface area contributed by atoms with Gasteiger partial charge in [-0.25, -0.2) is 22.0 Å². The van der Waals surface area contributed by atoms with Crippen molar-refractivity contribution in [1.82, 2.24) is 4.90 Å². The van der Waals surface area contributed by atoms with E-state index in [1.54, 1.807) is 18.2 Å². The highest BCUT2D eigenvalue weighted by atomic mass is 19.2. The standard InChI is InChI=1S/C30H29F5N2O4/c1-4-13-37(3)14-21-16(2)28(18-7-5-17(15-38)6-8-18)41-30(40-21)19-9-11-20(12-10-19)36-29(39)22-23(31)25(33)27(35)26(34)24(22)32/h4-12,16,21,28,30,38H,1,13-15H2,2-3H3,(H,36,39). The van der Waals surface area contributed by atoms with Gasteiger partial charge in [-0.2, -0.15) is 0 Å². The molecule has 3 aromatic rings. The number of hydrogen-bond donors (Lipinski definition) is 2. The molecule has 11 heteroatoms. The van der Waals surface area contributed by atoms with Crippen LogP contribution in [0.3, 0.4) is 0 Å². The van der Waals surface area contributed by atoms with Gasteiger partial charge in [0.15, 0.2) is 29.6 Å². The van der Waals surface area contributed by atoms with Gasteiger partial charge in [-0.1, -0.05) is 49.4 Å². The number of likely N-dealkylation sites (N-methyl/N-ethyl adjacent to an activating group) is 1. The van der Waals surface area contributed by atoms with Gasteiger partial charge in [0.1, 0.15) is 5.56 Å². The number of ether oxygens (including phenoxy) is 2. The SMILES string of the molecule is C=CCN(C)CC1OC(c2ccc(NC(=O)c3c(F)c(F)c(F)c(F)c3F)cc2)OC(c2ccc(CO)cc2)C1C. The summed E-state index contributed by atoms with van der Waals surface area (Å²) in [5.74, 6) is -12.8. The lowest BCUT2D eigenvalue weighted by Gasteiger charge is -2.42. The van der Waals surface area contributed by atoms with Crippen LogP contribution in [0.25, 0.3) is 0 Å². The lowest BCUT2D eigenvalue weighted by atomic mass is 9.90. The summed E-state index contributed by atoms with van der Waals surface area (Å²) in [5, 5.41) is 11.6. The monoisotopic (exact) mass is 576 g/mol. The summed E-state index contributed by atoms with van der Waals surface area (Å²) in [6.07, 6.45) is 0.342. The molecule has 0 spiro atoms.